The summed E-state index contributed by atoms with van der Waals surface area (Å²) >= 11 is 6.01. The number of benzene rings is 1. The van der Waals surface area contributed by atoms with Gasteiger partial charge in [0.05, 0.1) is 13.7 Å². The van der Waals surface area contributed by atoms with Gasteiger partial charge in [-0.15, -0.1) is 0 Å². The minimum atomic E-state index is 0.477. The Hall–Kier alpha value is -0.970. The number of methoxy groups -OCH3 is 2. The molecule has 0 aliphatic heterocycles. The van der Waals surface area contributed by atoms with E-state index in [0.717, 1.165) is 5.56 Å². The molecule has 0 unspecified atom stereocenters. The zero-order valence-corrected chi connectivity index (χ0v) is 11.1. The van der Waals surface area contributed by atoms with E-state index < -0.39 is 0 Å². The van der Waals surface area contributed by atoms with Crippen LogP contribution in [0.1, 0.15) is 5.56 Å². The first kappa shape index (κ1) is 14.1. The molecule has 0 spiro atoms. The lowest BCUT2D eigenvalue weighted by Crippen LogP contribution is -2.11. The molecule has 0 aromatic heterocycles. The number of rotatable bonds is 7. The molecule has 0 aliphatic carbocycles. The van der Waals surface area contributed by atoms with Crippen molar-refractivity contribution in [1.82, 2.24) is 5.32 Å². The summed E-state index contributed by atoms with van der Waals surface area (Å²) in [5.41, 5.74) is 0.966. The van der Waals surface area contributed by atoms with E-state index in [1.54, 1.807) is 20.3 Å². The second-order valence-electron chi connectivity index (χ2n) is 3.47. The molecule has 17 heavy (non-hydrogen) atoms. The van der Waals surface area contributed by atoms with Crippen LogP contribution in [0, 0.1) is 0 Å². The van der Waals surface area contributed by atoms with Gasteiger partial charge in [-0.1, -0.05) is 11.6 Å². The van der Waals surface area contributed by atoms with Gasteiger partial charge in [-0.3, -0.25) is 0 Å². The maximum absolute atomic E-state index is 6.01. The van der Waals surface area contributed by atoms with Crippen molar-refractivity contribution in [1.29, 1.82) is 0 Å². The van der Waals surface area contributed by atoms with Crippen LogP contribution in [0.4, 0.5) is 0 Å². The molecule has 0 radical (unpaired) electrons. The molecular weight excluding hydrogens is 242 g/mol. The molecule has 0 fully saturated rings. The molecular formula is C12H18ClNO3. The van der Waals surface area contributed by atoms with E-state index in [4.69, 9.17) is 25.8 Å². The third kappa shape index (κ3) is 4.07. The molecule has 1 N–H and O–H groups in total. The standard InChI is InChI=1S/C12H18ClNO3/c1-14-8-9-6-10(13)7-11(16-3)12(9)17-5-4-15-2/h6-7,14H,4-5,8H2,1-3H3. The fourth-order valence-electron chi connectivity index (χ4n) is 1.49. The number of hydrogen-bond acceptors (Lipinski definition) is 4. The summed E-state index contributed by atoms with van der Waals surface area (Å²) in [5.74, 6) is 1.35. The van der Waals surface area contributed by atoms with Crippen molar-refractivity contribution in [3.63, 3.8) is 0 Å². The van der Waals surface area contributed by atoms with Crippen molar-refractivity contribution in [2.75, 3.05) is 34.5 Å². The molecule has 5 heteroatoms. The second kappa shape index (κ2) is 7.37. The minimum absolute atomic E-state index is 0.477. The Morgan fingerprint density at radius 3 is 2.59 bits per heavy atom. The quantitative estimate of drug-likeness (QED) is 0.762. The van der Waals surface area contributed by atoms with Crippen LogP contribution in [-0.4, -0.2) is 34.5 Å². The van der Waals surface area contributed by atoms with Crippen LogP contribution < -0.4 is 14.8 Å². The van der Waals surface area contributed by atoms with E-state index in [9.17, 15) is 0 Å². The molecule has 0 saturated heterocycles. The predicted molar refractivity (Wildman–Crippen MR) is 68.1 cm³/mol. The molecule has 1 aromatic carbocycles. The lowest BCUT2D eigenvalue weighted by Gasteiger charge is -2.15. The summed E-state index contributed by atoms with van der Waals surface area (Å²) in [5, 5.41) is 3.70. The highest BCUT2D eigenvalue weighted by atomic mass is 35.5. The maximum Gasteiger partial charge on any atom is 0.165 e. The molecule has 4 nitrogen and oxygen atoms in total. The van der Waals surface area contributed by atoms with Crippen LogP contribution in [0.15, 0.2) is 12.1 Å². The van der Waals surface area contributed by atoms with Crippen LogP contribution in [0.2, 0.25) is 5.02 Å². The molecule has 0 amide bonds. The summed E-state index contributed by atoms with van der Waals surface area (Å²) in [6, 6.07) is 3.60. The number of halogens is 1. The van der Waals surface area contributed by atoms with E-state index >= 15 is 0 Å². The van der Waals surface area contributed by atoms with Crippen molar-refractivity contribution in [3.05, 3.63) is 22.7 Å². The summed E-state index contributed by atoms with van der Waals surface area (Å²) in [7, 11) is 5.10. The van der Waals surface area contributed by atoms with Gasteiger partial charge >= 0.3 is 0 Å². The molecule has 1 rings (SSSR count). The lowest BCUT2D eigenvalue weighted by molar-refractivity contribution is 0.143. The highest BCUT2D eigenvalue weighted by molar-refractivity contribution is 6.30. The largest absolute Gasteiger partial charge is 0.493 e. The summed E-state index contributed by atoms with van der Waals surface area (Å²) in [6.45, 7) is 1.68. The number of hydrogen-bond donors (Lipinski definition) is 1. The summed E-state index contributed by atoms with van der Waals surface area (Å²) in [4.78, 5) is 0. The average molecular weight is 260 g/mol. The van der Waals surface area contributed by atoms with Gasteiger partial charge in [0.1, 0.15) is 6.61 Å². The topological polar surface area (TPSA) is 39.7 Å². The SMILES string of the molecule is CNCc1cc(Cl)cc(OC)c1OCCOC. The Bertz CT molecular complexity index is 358. The van der Waals surface area contributed by atoms with Gasteiger partial charge in [0.2, 0.25) is 0 Å². The van der Waals surface area contributed by atoms with Crippen molar-refractivity contribution in [3.8, 4) is 11.5 Å². The molecule has 0 aliphatic rings. The fraction of sp³-hybridized carbons (Fsp3) is 0.500. The average Bonchev–Trinajstić information content (AvgIpc) is 2.31. The van der Waals surface area contributed by atoms with Crippen molar-refractivity contribution >= 4 is 11.6 Å². The van der Waals surface area contributed by atoms with Gasteiger partial charge in [-0.05, 0) is 13.1 Å². The summed E-state index contributed by atoms with van der Waals surface area (Å²) in [6.07, 6.45) is 0. The number of ether oxygens (including phenoxy) is 3. The van der Waals surface area contributed by atoms with E-state index in [1.807, 2.05) is 13.1 Å². The van der Waals surface area contributed by atoms with Crippen LogP contribution in [0.5, 0.6) is 11.5 Å². The Kier molecular flexibility index (Phi) is 6.11. The predicted octanol–water partition coefficient (Wildman–Crippen LogP) is 2.09. The Morgan fingerprint density at radius 1 is 1.24 bits per heavy atom. The van der Waals surface area contributed by atoms with E-state index in [-0.39, 0.29) is 0 Å². The maximum atomic E-state index is 6.01. The van der Waals surface area contributed by atoms with Crippen molar-refractivity contribution in [2.24, 2.45) is 0 Å². The zero-order valence-electron chi connectivity index (χ0n) is 10.4. The van der Waals surface area contributed by atoms with Crippen LogP contribution in [-0.2, 0) is 11.3 Å². The minimum Gasteiger partial charge on any atom is -0.493 e. The smallest absolute Gasteiger partial charge is 0.165 e. The van der Waals surface area contributed by atoms with Crippen LogP contribution >= 0.6 is 11.6 Å². The first-order valence-electron chi connectivity index (χ1n) is 5.35. The highest BCUT2D eigenvalue weighted by Gasteiger charge is 2.12. The third-order valence-corrected chi connectivity index (χ3v) is 2.44. The van der Waals surface area contributed by atoms with Crippen molar-refractivity contribution < 1.29 is 14.2 Å². The Morgan fingerprint density at radius 2 is 2.00 bits per heavy atom. The van der Waals surface area contributed by atoms with Gasteiger partial charge in [0.15, 0.2) is 11.5 Å². The first-order chi connectivity index (χ1) is 8.22. The van der Waals surface area contributed by atoms with Gasteiger partial charge in [-0.25, -0.2) is 0 Å². The van der Waals surface area contributed by atoms with Crippen molar-refractivity contribution in [2.45, 2.75) is 6.54 Å². The molecule has 96 valence electrons. The van der Waals surface area contributed by atoms with Gasteiger partial charge in [-0.2, -0.15) is 0 Å². The fourth-order valence-corrected chi connectivity index (χ4v) is 1.72. The summed E-state index contributed by atoms with van der Waals surface area (Å²) < 4.78 is 15.9. The molecule has 1 aromatic rings. The molecule has 0 heterocycles. The van der Waals surface area contributed by atoms with Gasteiger partial charge in [0, 0.05) is 30.3 Å². The monoisotopic (exact) mass is 259 g/mol. The normalized spacial score (nSPS) is 10.4. The third-order valence-electron chi connectivity index (χ3n) is 2.22. The van der Waals surface area contributed by atoms with Gasteiger partial charge in [0.25, 0.3) is 0 Å². The zero-order chi connectivity index (χ0) is 12.7. The second-order valence-corrected chi connectivity index (χ2v) is 3.90. The molecule has 0 bridgehead atoms. The number of nitrogens with one attached hydrogen (secondary N) is 1. The Labute approximate surface area is 107 Å². The highest BCUT2D eigenvalue weighted by Crippen LogP contribution is 2.34. The van der Waals surface area contributed by atoms with Crippen LogP contribution in [0.25, 0.3) is 0 Å². The van der Waals surface area contributed by atoms with E-state index in [1.165, 1.54) is 0 Å². The molecule has 0 saturated carbocycles. The van der Waals surface area contributed by atoms with Gasteiger partial charge < -0.3 is 19.5 Å². The lowest BCUT2D eigenvalue weighted by atomic mass is 10.2. The van der Waals surface area contributed by atoms with E-state index in [2.05, 4.69) is 5.32 Å². The first-order valence-corrected chi connectivity index (χ1v) is 5.73. The van der Waals surface area contributed by atoms with E-state index in [0.29, 0.717) is 36.3 Å². The van der Waals surface area contributed by atoms with Crippen LogP contribution in [0.3, 0.4) is 0 Å². The molecule has 0 atom stereocenters. The Balaban J connectivity index is 2.94.